The fraction of sp³-hybridized carbons (Fsp3) is 0. The Morgan fingerprint density at radius 1 is 1.33 bits per heavy atom. The fourth-order valence-electron chi connectivity index (χ4n) is 0.143. The molecule has 0 saturated carbocycles. The summed E-state index contributed by atoms with van der Waals surface area (Å²) < 4.78 is 6.51. The van der Waals surface area contributed by atoms with Gasteiger partial charge in [0.05, 0.1) is 1.37 Å². The van der Waals surface area contributed by atoms with Crippen molar-refractivity contribution in [1.82, 2.24) is 0 Å². The molecule has 0 fully saturated rings. The number of hydrogen-bond acceptors (Lipinski definition) is 0. The largest absolute Gasteiger partial charge is 0.0991 e. The van der Waals surface area contributed by atoms with E-state index in [9.17, 15) is 0 Å². The predicted octanol–water partition coefficient (Wildman–Crippen LogP) is 1.91. The van der Waals surface area contributed by atoms with Gasteiger partial charge in [-0.1, -0.05) is 37.4 Å². The predicted molar refractivity (Wildman–Crippen MR) is 29.5 cm³/mol. The monoisotopic (exact) mass is 81.1 g/mol. The van der Waals surface area contributed by atoms with Crippen LogP contribution in [0.25, 0.3) is 0 Å². The van der Waals surface area contributed by atoms with Crippen molar-refractivity contribution in [2.75, 3.05) is 0 Å². The Kier molecular flexibility index (Phi) is 2.40. The van der Waals surface area contributed by atoms with Gasteiger partial charge in [-0.3, -0.25) is 0 Å². The van der Waals surface area contributed by atoms with Crippen LogP contribution in [0.5, 0.6) is 0 Å². The van der Waals surface area contributed by atoms with E-state index in [4.69, 9.17) is 1.37 Å². The number of hydrogen-bond donors (Lipinski definition) is 0. The zero-order valence-electron chi connectivity index (χ0n) is 4.59. The van der Waals surface area contributed by atoms with Crippen LogP contribution in [0.2, 0.25) is 0 Å². The first-order chi connectivity index (χ1) is 3.41. The van der Waals surface area contributed by atoms with Gasteiger partial charge < -0.3 is 0 Å². The highest BCUT2D eigenvalue weighted by Crippen LogP contribution is 1.69. The van der Waals surface area contributed by atoms with Crippen LogP contribution in [0, 0.1) is 0 Å². The van der Waals surface area contributed by atoms with Crippen LogP contribution in [0.1, 0.15) is 1.37 Å². The maximum absolute atomic E-state index is 6.51. The Balaban J connectivity index is 3.27. The van der Waals surface area contributed by atoms with E-state index in [-0.39, 0.29) is 0 Å². The molecule has 6 heavy (non-hydrogen) atoms. The molecule has 32 valence electrons. The van der Waals surface area contributed by atoms with E-state index < -0.39 is 0 Å². The van der Waals surface area contributed by atoms with Gasteiger partial charge in [-0.25, -0.2) is 0 Å². The second kappa shape index (κ2) is 4.22. The quantitative estimate of drug-likeness (QED) is 0.445. The summed E-state index contributed by atoms with van der Waals surface area (Å²) in [7, 11) is 0. The summed E-state index contributed by atoms with van der Waals surface area (Å²) in [4.78, 5) is 0. The molecule has 0 N–H and O–H groups in total. The zero-order chi connectivity index (χ0) is 5.54. The summed E-state index contributed by atoms with van der Waals surface area (Å²) in [5.41, 5.74) is 0. The van der Waals surface area contributed by atoms with Gasteiger partial charge in [0.1, 0.15) is 0 Å². The molecule has 0 radical (unpaired) electrons. The van der Waals surface area contributed by atoms with Crippen molar-refractivity contribution in [3.63, 3.8) is 0 Å². The molecule has 0 aromatic carbocycles. The van der Waals surface area contributed by atoms with Crippen LogP contribution < -0.4 is 0 Å². The lowest BCUT2D eigenvalue weighted by Crippen LogP contribution is -1.38. The minimum absolute atomic E-state index is 1.22. The molecular formula is C6H8. The lowest BCUT2D eigenvalue weighted by atomic mass is 10.5. The van der Waals surface area contributed by atoms with Crippen molar-refractivity contribution in [3.8, 4) is 0 Å². The van der Waals surface area contributed by atoms with Crippen LogP contribution in [0.3, 0.4) is 0 Å². The molecule has 0 heteroatoms. The van der Waals surface area contributed by atoms with Crippen molar-refractivity contribution in [1.29, 1.82) is 0 Å². The van der Waals surface area contributed by atoms with Gasteiger partial charge in [0.25, 0.3) is 0 Å². The highest BCUT2D eigenvalue weighted by atomic mass is 13.5. The summed E-state index contributed by atoms with van der Waals surface area (Å²) in [5.74, 6) is 0. The Morgan fingerprint density at radius 2 is 2.00 bits per heavy atom. The van der Waals surface area contributed by atoms with Crippen molar-refractivity contribution >= 4 is 0 Å². The second-order valence-electron chi connectivity index (χ2n) is 0.813. The second-order valence-corrected chi connectivity index (χ2v) is 0.813. The minimum Gasteiger partial charge on any atom is -0.0991 e. The standard InChI is InChI=1S/C6H8/c1-3-5-6-4-2/h3-6H,1-2H2/b6-5-/i1D/b3-1?,6-5-. The molecule has 0 saturated heterocycles. The van der Waals surface area contributed by atoms with E-state index in [0.29, 0.717) is 0 Å². The van der Waals surface area contributed by atoms with Gasteiger partial charge in [-0.2, -0.15) is 0 Å². The molecule has 0 rings (SSSR count). The molecule has 0 aromatic heterocycles. The molecule has 0 aliphatic rings. The van der Waals surface area contributed by atoms with E-state index in [2.05, 4.69) is 6.58 Å². The minimum atomic E-state index is 1.22. The molecule has 0 nitrogen and oxygen atoms in total. The van der Waals surface area contributed by atoms with Crippen LogP contribution in [-0.2, 0) is 0 Å². The molecule has 0 spiro atoms. The van der Waals surface area contributed by atoms with E-state index in [1.165, 1.54) is 6.55 Å². The highest BCUT2D eigenvalue weighted by molar-refractivity contribution is 5.05. The Hall–Kier alpha value is -0.780. The van der Waals surface area contributed by atoms with Crippen molar-refractivity contribution < 1.29 is 1.37 Å². The third-order valence-corrected chi connectivity index (χ3v) is 0.358. The average molecular weight is 81.1 g/mol. The molecule has 0 heterocycles. The fourth-order valence-corrected chi connectivity index (χ4v) is 0.143. The highest BCUT2D eigenvalue weighted by Gasteiger charge is 1.47. The van der Waals surface area contributed by atoms with E-state index in [0.717, 1.165) is 0 Å². The van der Waals surface area contributed by atoms with Gasteiger partial charge in [-0.15, -0.1) is 0 Å². The molecule has 0 amide bonds. The van der Waals surface area contributed by atoms with Crippen LogP contribution in [0.4, 0.5) is 0 Å². The van der Waals surface area contributed by atoms with Gasteiger partial charge in [0.15, 0.2) is 0 Å². The Bertz CT molecular complexity index is 90.4. The summed E-state index contributed by atoms with van der Waals surface area (Å²) >= 11 is 0. The molecule has 0 aliphatic heterocycles. The van der Waals surface area contributed by atoms with Gasteiger partial charge in [0.2, 0.25) is 0 Å². The van der Waals surface area contributed by atoms with E-state index >= 15 is 0 Å². The van der Waals surface area contributed by atoms with Crippen molar-refractivity contribution in [2.24, 2.45) is 0 Å². The lowest BCUT2D eigenvalue weighted by Gasteiger charge is -1.60. The first kappa shape index (κ1) is 3.41. The summed E-state index contributed by atoms with van der Waals surface area (Å²) in [6, 6.07) is 0. The first-order valence-corrected chi connectivity index (χ1v) is 1.74. The average Bonchev–Trinajstić information content (AvgIpc) is 1.69. The van der Waals surface area contributed by atoms with E-state index in [1.807, 2.05) is 0 Å². The third-order valence-electron chi connectivity index (χ3n) is 0.358. The third kappa shape index (κ3) is 3.22. The Morgan fingerprint density at radius 3 is 2.50 bits per heavy atom. The molecule has 0 aromatic rings. The van der Waals surface area contributed by atoms with Crippen LogP contribution in [0.15, 0.2) is 37.4 Å². The molecular weight excluding hydrogens is 72.1 g/mol. The number of allylic oxidation sites excluding steroid dienone is 4. The number of rotatable bonds is 2. The van der Waals surface area contributed by atoms with Gasteiger partial charge >= 0.3 is 0 Å². The maximum Gasteiger partial charge on any atom is 0.0538 e. The molecule has 0 aliphatic carbocycles. The smallest absolute Gasteiger partial charge is 0.0538 e. The Labute approximate surface area is 39.9 Å². The van der Waals surface area contributed by atoms with Crippen molar-refractivity contribution in [2.45, 2.75) is 0 Å². The van der Waals surface area contributed by atoms with Gasteiger partial charge in [-0.05, 0) is 0 Å². The summed E-state index contributed by atoms with van der Waals surface area (Å²) in [6.07, 6.45) is 6.81. The van der Waals surface area contributed by atoms with E-state index in [1.54, 1.807) is 24.3 Å². The normalized spacial score (nSPS) is 13.0. The first-order valence-electron chi connectivity index (χ1n) is 2.32. The summed E-state index contributed by atoms with van der Waals surface area (Å²) in [5, 5.41) is 0. The summed E-state index contributed by atoms with van der Waals surface area (Å²) in [6.45, 7) is 4.67. The maximum atomic E-state index is 6.51. The molecule has 0 bridgehead atoms. The zero-order valence-corrected chi connectivity index (χ0v) is 3.59. The SMILES string of the molecule is [2H]C=C/C=C\C=C. The van der Waals surface area contributed by atoms with Crippen LogP contribution >= 0.6 is 0 Å². The van der Waals surface area contributed by atoms with Gasteiger partial charge in [0, 0.05) is 0 Å². The molecule has 0 atom stereocenters. The van der Waals surface area contributed by atoms with Crippen molar-refractivity contribution in [3.05, 3.63) is 37.4 Å². The van der Waals surface area contributed by atoms with Crippen LogP contribution in [-0.4, -0.2) is 0 Å². The topological polar surface area (TPSA) is 0 Å². The lowest BCUT2D eigenvalue weighted by molar-refractivity contribution is 1.98. The molecule has 0 unspecified atom stereocenters.